The van der Waals surface area contributed by atoms with Gasteiger partial charge < -0.3 is 4.74 Å². The van der Waals surface area contributed by atoms with E-state index in [1.54, 1.807) is 6.92 Å². The van der Waals surface area contributed by atoms with E-state index in [2.05, 4.69) is 10.0 Å². The average molecular weight is 362 g/mol. The van der Waals surface area contributed by atoms with Crippen LogP contribution < -0.4 is 10.0 Å². The van der Waals surface area contributed by atoms with Crippen molar-refractivity contribution in [3.63, 3.8) is 0 Å². The van der Waals surface area contributed by atoms with Crippen LogP contribution in [0, 0.1) is 6.92 Å². The number of benzene rings is 2. The van der Waals surface area contributed by atoms with Crippen LogP contribution >= 0.6 is 0 Å². The summed E-state index contributed by atoms with van der Waals surface area (Å²) in [6.45, 7) is 5.81. The normalized spacial score (nSPS) is 11.0. The number of carbonyl (C=O) groups is 1. The third kappa shape index (κ3) is 4.73. The summed E-state index contributed by atoms with van der Waals surface area (Å²) in [4.78, 5) is 11.5. The number of ether oxygens (including phenoxy) is 1. The van der Waals surface area contributed by atoms with Gasteiger partial charge in [0.2, 0.25) is 0 Å². The van der Waals surface area contributed by atoms with Gasteiger partial charge in [0.1, 0.15) is 0 Å². The summed E-state index contributed by atoms with van der Waals surface area (Å²) in [5.74, 6) is 0. The van der Waals surface area contributed by atoms with E-state index in [0.717, 1.165) is 17.5 Å². The Hall–Kier alpha value is -2.54. The van der Waals surface area contributed by atoms with Gasteiger partial charge in [-0.15, -0.1) is 0 Å². The molecule has 2 aromatic carbocycles. The molecule has 0 heterocycles. The Kier molecular flexibility index (Phi) is 6.03. The summed E-state index contributed by atoms with van der Waals surface area (Å²) in [6.07, 6.45) is 0.144. The molecule has 6 nitrogen and oxygen atoms in total. The van der Waals surface area contributed by atoms with Crippen LogP contribution in [0.5, 0.6) is 0 Å². The van der Waals surface area contributed by atoms with Crippen LogP contribution in [0.4, 0.5) is 16.2 Å². The van der Waals surface area contributed by atoms with Crippen molar-refractivity contribution in [1.29, 1.82) is 0 Å². The molecule has 0 radical (unpaired) electrons. The van der Waals surface area contributed by atoms with E-state index in [4.69, 9.17) is 4.74 Å². The largest absolute Gasteiger partial charge is 0.450 e. The molecule has 0 aliphatic rings. The number of para-hydroxylation sites is 1. The highest BCUT2D eigenvalue weighted by Gasteiger charge is 2.17. The molecule has 0 saturated heterocycles. The van der Waals surface area contributed by atoms with Crippen LogP contribution in [0.3, 0.4) is 0 Å². The minimum absolute atomic E-state index is 0.118. The highest BCUT2D eigenvalue weighted by atomic mass is 32.2. The van der Waals surface area contributed by atoms with Gasteiger partial charge in [-0.2, -0.15) is 0 Å². The van der Waals surface area contributed by atoms with Gasteiger partial charge in [-0.1, -0.05) is 25.1 Å². The molecule has 134 valence electrons. The third-order valence-electron chi connectivity index (χ3n) is 3.66. The molecular weight excluding hydrogens is 340 g/mol. The second-order valence-corrected chi connectivity index (χ2v) is 7.12. The molecule has 0 bridgehead atoms. The minimum atomic E-state index is -3.72. The van der Waals surface area contributed by atoms with E-state index >= 15 is 0 Å². The van der Waals surface area contributed by atoms with Crippen molar-refractivity contribution in [3.8, 4) is 0 Å². The summed E-state index contributed by atoms with van der Waals surface area (Å²) < 4.78 is 32.7. The molecule has 0 saturated carbocycles. The van der Waals surface area contributed by atoms with Crippen molar-refractivity contribution in [2.45, 2.75) is 32.1 Å². The lowest BCUT2D eigenvalue weighted by Gasteiger charge is -2.14. The van der Waals surface area contributed by atoms with Crippen molar-refractivity contribution >= 4 is 27.5 Å². The highest BCUT2D eigenvalue weighted by Crippen LogP contribution is 2.25. The third-order valence-corrected chi connectivity index (χ3v) is 5.03. The molecule has 0 aliphatic heterocycles. The Morgan fingerprint density at radius 1 is 1.08 bits per heavy atom. The quantitative estimate of drug-likeness (QED) is 0.815. The smallest absolute Gasteiger partial charge is 0.411 e. The predicted octanol–water partition coefficient (Wildman–Crippen LogP) is 3.93. The highest BCUT2D eigenvalue weighted by molar-refractivity contribution is 7.92. The molecule has 0 aliphatic carbocycles. The molecule has 2 N–H and O–H groups in total. The lowest BCUT2D eigenvalue weighted by atomic mass is 10.1. The van der Waals surface area contributed by atoms with Gasteiger partial charge in [-0.05, 0) is 55.7 Å². The molecule has 0 fully saturated rings. The Morgan fingerprint density at radius 2 is 1.76 bits per heavy atom. The maximum absolute atomic E-state index is 12.6. The fourth-order valence-electron chi connectivity index (χ4n) is 2.36. The maximum atomic E-state index is 12.6. The van der Waals surface area contributed by atoms with Crippen LogP contribution in [0.15, 0.2) is 47.4 Å². The summed E-state index contributed by atoms with van der Waals surface area (Å²) >= 11 is 0. The predicted molar refractivity (Wildman–Crippen MR) is 98.5 cm³/mol. The number of anilines is 2. The second-order valence-electron chi connectivity index (χ2n) is 5.44. The number of nitrogens with one attached hydrogen (secondary N) is 2. The summed E-state index contributed by atoms with van der Waals surface area (Å²) in [5.41, 5.74) is 2.87. The molecule has 1 amide bonds. The fourth-order valence-corrected chi connectivity index (χ4v) is 3.54. The van der Waals surface area contributed by atoms with Gasteiger partial charge in [0.15, 0.2) is 0 Å². The Labute approximate surface area is 148 Å². The number of rotatable bonds is 6. The summed E-state index contributed by atoms with van der Waals surface area (Å²) in [5, 5.41) is 2.52. The zero-order valence-electron chi connectivity index (χ0n) is 14.5. The van der Waals surface area contributed by atoms with E-state index in [9.17, 15) is 13.2 Å². The summed E-state index contributed by atoms with van der Waals surface area (Å²) in [7, 11) is -3.72. The number of sulfonamides is 1. The van der Waals surface area contributed by atoms with Crippen LogP contribution in [0.25, 0.3) is 0 Å². The Bertz CT molecular complexity index is 846. The first kappa shape index (κ1) is 18.8. The second kappa shape index (κ2) is 8.02. The van der Waals surface area contributed by atoms with Gasteiger partial charge in [-0.3, -0.25) is 10.0 Å². The molecule has 0 aromatic heterocycles. The van der Waals surface area contributed by atoms with Crippen molar-refractivity contribution in [1.82, 2.24) is 0 Å². The van der Waals surface area contributed by atoms with Crippen molar-refractivity contribution in [2.75, 3.05) is 16.6 Å². The van der Waals surface area contributed by atoms with Gasteiger partial charge in [0.25, 0.3) is 10.0 Å². The van der Waals surface area contributed by atoms with Crippen LogP contribution in [0.2, 0.25) is 0 Å². The first-order valence-electron chi connectivity index (χ1n) is 8.02. The maximum Gasteiger partial charge on any atom is 0.411 e. The first-order valence-corrected chi connectivity index (χ1v) is 9.50. The molecule has 2 aromatic rings. The number of hydrogen-bond acceptors (Lipinski definition) is 4. The average Bonchev–Trinajstić information content (AvgIpc) is 2.57. The van der Waals surface area contributed by atoms with Gasteiger partial charge in [0.05, 0.1) is 17.2 Å². The fraction of sp³-hybridized carbons (Fsp3) is 0.278. The van der Waals surface area contributed by atoms with Crippen molar-refractivity contribution in [3.05, 3.63) is 53.6 Å². The number of carbonyl (C=O) groups excluding carboxylic acids is 1. The Morgan fingerprint density at radius 3 is 2.36 bits per heavy atom. The Balaban J connectivity index is 2.22. The van der Waals surface area contributed by atoms with E-state index in [-0.39, 0.29) is 11.5 Å². The van der Waals surface area contributed by atoms with Crippen molar-refractivity contribution < 1.29 is 17.9 Å². The standard InChI is InChI=1S/C18H22N2O4S/c1-4-14-8-6-7-13(3)17(14)20-25(22,23)16-11-9-15(10-12-16)19-18(21)24-5-2/h6-12,20H,4-5H2,1-3H3,(H,19,21). The number of aryl methyl sites for hydroxylation is 2. The topological polar surface area (TPSA) is 84.5 Å². The molecule has 2 rings (SSSR count). The molecule has 0 spiro atoms. The zero-order valence-corrected chi connectivity index (χ0v) is 15.3. The van der Waals surface area contributed by atoms with Gasteiger partial charge in [0, 0.05) is 5.69 Å². The molecule has 0 unspecified atom stereocenters. The number of hydrogen-bond donors (Lipinski definition) is 2. The molecule has 25 heavy (non-hydrogen) atoms. The molecule has 0 atom stereocenters. The van der Waals surface area contributed by atoms with E-state index in [1.165, 1.54) is 24.3 Å². The zero-order chi connectivity index (χ0) is 18.4. The molecular formula is C18H22N2O4S. The molecule has 7 heteroatoms. The first-order chi connectivity index (χ1) is 11.9. The van der Waals surface area contributed by atoms with Gasteiger partial charge >= 0.3 is 6.09 Å². The SMILES string of the molecule is CCOC(=O)Nc1ccc(S(=O)(=O)Nc2c(C)cccc2CC)cc1. The minimum Gasteiger partial charge on any atom is -0.450 e. The number of amides is 1. The van der Waals surface area contributed by atoms with E-state index in [1.807, 2.05) is 32.0 Å². The lowest BCUT2D eigenvalue weighted by molar-refractivity contribution is 0.168. The van der Waals surface area contributed by atoms with Crippen LogP contribution in [-0.2, 0) is 21.2 Å². The van der Waals surface area contributed by atoms with Crippen LogP contribution in [0.1, 0.15) is 25.0 Å². The monoisotopic (exact) mass is 362 g/mol. The van der Waals surface area contributed by atoms with Crippen molar-refractivity contribution in [2.24, 2.45) is 0 Å². The lowest BCUT2D eigenvalue weighted by Crippen LogP contribution is -2.16. The van der Waals surface area contributed by atoms with E-state index in [0.29, 0.717) is 11.4 Å². The van der Waals surface area contributed by atoms with E-state index < -0.39 is 16.1 Å². The van der Waals surface area contributed by atoms with Crippen LogP contribution in [-0.4, -0.2) is 21.1 Å². The summed E-state index contributed by atoms with van der Waals surface area (Å²) in [6, 6.07) is 11.6. The van der Waals surface area contributed by atoms with Gasteiger partial charge in [-0.25, -0.2) is 13.2 Å².